The summed E-state index contributed by atoms with van der Waals surface area (Å²) in [5.41, 5.74) is 8.84. The SMILES string of the molecule is Cc1cc(CCN)nc(-c2cc([N+](=O)[O-])ccc2C)n1. The molecule has 2 rings (SSSR count). The van der Waals surface area contributed by atoms with Crippen LogP contribution in [0.4, 0.5) is 5.69 Å². The predicted octanol–water partition coefficient (Wildman–Crippen LogP) is 2.17. The predicted molar refractivity (Wildman–Crippen MR) is 76.4 cm³/mol. The Hall–Kier alpha value is -2.34. The fraction of sp³-hybridized carbons (Fsp3) is 0.286. The van der Waals surface area contributed by atoms with Crippen molar-refractivity contribution in [1.82, 2.24) is 9.97 Å². The van der Waals surface area contributed by atoms with E-state index in [9.17, 15) is 10.1 Å². The van der Waals surface area contributed by atoms with Gasteiger partial charge in [0.15, 0.2) is 5.82 Å². The zero-order valence-corrected chi connectivity index (χ0v) is 11.5. The van der Waals surface area contributed by atoms with E-state index < -0.39 is 4.92 Å². The lowest BCUT2D eigenvalue weighted by atomic mass is 10.1. The largest absolute Gasteiger partial charge is 0.330 e. The van der Waals surface area contributed by atoms with E-state index >= 15 is 0 Å². The molecule has 0 radical (unpaired) electrons. The third-order valence-electron chi connectivity index (χ3n) is 2.98. The molecule has 0 saturated heterocycles. The molecule has 1 aromatic carbocycles. The number of rotatable bonds is 4. The van der Waals surface area contributed by atoms with Crippen molar-refractivity contribution in [1.29, 1.82) is 0 Å². The second kappa shape index (κ2) is 5.75. The maximum Gasteiger partial charge on any atom is 0.270 e. The molecular weight excluding hydrogens is 256 g/mol. The zero-order chi connectivity index (χ0) is 14.7. The number of benzene rings is 1. The Balaban J connectivity index is 2.55. The highest BCUT2D eigenvalue weighted by Gasteiger charge is 2.13. The monoisotopic (exact) mass is 272 g/mol. The number of nitro groups is 1. The molecule has 2 aromatic rings. The van der Waals surface area contributed by atoms with Gasteiger partial charge in [0, 0.05) is 35.5 Å². The van der Waals surface area contributed by atoms with E-state index in [-0.39, 0.29) is 5.69 Å². The summed E-state index contributed by atoms with van der Waals surface area (Å²) in [6.45, 7) is 4.26. The van der Waals surface area contributed by atoms with Crippen LogP contribution in [0.15, 0.2) is 24.3 Å². The Labute approximate surface area is 116 Å². The lowest BCUT2D eigenvalue weighted by Gasteiger charge is -2.08. The van der Waals surface area contributed by atoms with Crippen molar-refractivity contribution < 1.29 is 4.92 Å². The van der Waals surface area contributed by atoms with E-state index in [1.54, 1.807) is 6.07 Å². The molecule has 1 heterocycles. The third kappa shape index (κ3) is 2.97. The minimum atomic E-state index is -0.417. The first kappa shape index (κ1) is 14.1. The van der Waals surface area contributed by atoms with Crippen molar-refractivity contribution in [3.8, 4) is 11.4 Å². The molecule has 104 valence electrons. The molecule has 0 amide bonds. The smallest absolute Gasteiger partial charge is 0.270 e. The number of aryl methyl sites for hydroxylation is 2. The molecule has 0 atom stereocenters. The third-order valence-corrected chi connectivity index (χ3v) is 2.98. The first-order valence-electron chi connectivity index (χ1n) is 6.31. The summed E-state index contributed by atoms with van der Waals surface area (Å²) in [5.74, 6) is 0.509. The molecule has 1 aromatic heterocycles. The summed E-state index contributed by atoms with van der Waals surface area (Å²) < 4.78 is 0. The van der Waals surface area contributed by atoms with Crippen molar-refractivity contribution in [2.24, 2.45) is 5.73 Å². The topological polar surface area (TPSA) is 94.9 Å². The first-order chi connectivity index (χ1) is 9.51. The lowest BCUT2D eigenvalue weighted by molar-refractivity contribution is -0.384. The van der Waals surface area contributed by atoms with Gasteiger partial charge in [-0.1, -0.05) is 6.07 Å². The number of nitro benzene ring substituents is 1. The van der Waals surface area contributed by atoms with Crippen LogP contribution in [0, 0.1) is 24.0 Å². The number of nitrogens with zero attached hydrogens (tertiary/aromatic N) is 3. The summed E-state index contributed by atoms with van der Waals surface area (Å²) in [4.78, 5) is 19.3. The summed E-state index contributed by atoms with van der Waals surface area (Å²) in [6, 6.07) is 6.58. The summed E-state index contributed by atoms with van der Waals surface area (Å²) >= 11 is 0. The Kier molecular flexibility index (Phi) is 4.05. The minimum absolute atomic E-state index is 0.0380. The van der Waals surface area contributed by atoms with Crippen LogP contribution < -0.4 is 5.73 Å². The number of hydrogen-bond acceptors (Lipinski definition) is 5. The van der Waals surface area contributed by atoms with Gasteiger partial charge in [-0.2, -0.15) is 0 Å². The quantitative estimate of drug-likeness (QED) is 0.679. The Morgan fingerprint density at radius 3 is 2.65 bits per heavy atom. The highest BCUT2D eigenvalue weighted by atomic mass is 16.6. The van der Waals surface area contributed by atoms with Crippen molar-refractivity contribution in [3.63, 3.8) is 0 Å². The summed E-state index contributed by atoms with van der Waals surface area (Å²) in [7, 11) is 0. The molecule has 2 N–H and O–H groups in total. The van der Waals surface area contributed by atoms with Gasteiger partial charge in [0.05, 0.1) is 4.92 Å². The molecule has 0 aliphatic heterocycles. The van der Waals surface area contributed by atoms with Gasteiger partial charge >= 0.3 is 0 Å². The van der Waals surface area contributed by atoms with Crippen molar-refractivity contribution in [3.05, 3.63) is 51.3 Å². The van der Waals surface area contributed by atoms with Crippen molar-refractivity contribution in [2.45, 2.75) is 20.3 Å². The molecule has 0 saturated carbocycles. The maximum atomic E-state index is 10.9. The average molecular weight is 272 g/mol. The number of hydrogen-bond donors (Lipinski definition) is 1. The van der Waals surface area contributed by atoms with Gasteiger partial charge in [0.25, 0.3) is 5.69 Å². The molecular formula is C14H16N4O2. The van der Waals surface area contributed by atoms with Crippen LogP contribution in [0.1, 0.15) is 17.0 Å². The fourth-order valence-corrected chi connectivity index (χ4v) is 1.99. The van der Waals surface area contributed by atoms with Crippen LogP contribution in [0.2, 0.25) is 0 Å². The van der Waals surface area contributed by atoms with E-state index in [4.69, 9.17) is 5.73 Å². The van der Waals surface area contributed by atoms with Crippen LogP contribution in [0.5, 0.6) is 0 Å². The number of non-ortho nitro benzene ring substituents is 1. The van der Waals surface area contributed by atoms with Crippen LogP contribution >= 0.6 is 0 Å². The number of aromatic nitrogens is 2. The molecule has 0 aliphatic carbocycles. The van der Waals surface area contributed by atoms with Crippen LogP contribution in [0.25, 0.3) is 11.4 Å². The van der Waals surface area contributed by atoms with Crippen molar-refractivity contribution in [2.75, 3.05) is 6.54 Å². The van der Waals surface area contributed by atoms with Gasteiger partial charge < -0.3 is 5.73 Å². The molecule has 20 heavy (non-hydrogen) atoms. The van der Waals surface area contributed by atoms with E-state index in [2.05, 4.69) is 9.97 Å². The van der Waals surface area contributed by atoms with Crippen LogP contribution in [-0.4, -0.2) is 21.4 Å². The lowest BCUT2D eigenvalue weighted by Crippen LogP contribution is -2.06. The van der Waals surface area contributed by atoms with Gasteiger partial charge in [-0.3, -0.25) is 10.1 Å². The molecule has 6 heteroatoms. The fourth-order valence-electron chi connectivity index (χ4n) is 1.99. The summed E-state index contributed by atoms with van der Waals surface area (Å²) in [6.07, 6.45) is 0.657. The van der Waals surface area contributed by atoms with Crippen molar-refractivity contribution >= 4 is 5.69 Å². The molecule has 0 fully saturated rings. The normalized spacial score (nSPS) is 10.6. The van der Waals surface area contributed by atoms with Gasteiger partial charge in [0.1, 0.15) is 0 Å². The van der Waals surface area contributed by atoms with E-state index in [1.807, 2.05) is 19.9 Å². The summed E-state index contributed by atoms with van der Waals surface area (Å²) in [5, 5.41) is 10.9. The highest BCUT2D eigenvalue weighted by Crippen LogP contribution is 2.25. The molecule has 0 bridgehead atoms. The van der Waals surface area contributed by atoms with Gasteiger partial charge in [0.2, 0.25) is 0 Å². The van der Waals surface area contributed by atoms with Crippen LogP contribution in [0.3, 0.4) is 0 Å². The van der Waals surface area contributed by atoms with Gasteiger partial charge in [-0.15, -0.1) is 0 Å². The number of nitrogens with two attached hydrogens (primary N) is 1. The van der Waals surface area contributed by atoms with Crippen LogP contribution in [-0.2, 0) is 6.42 Å². The van der Waals surface area contributed by atoms with Gasteiger partial charge in [-0.05, 0) is 32.0 Å². The van der Waals surface area contributed by atoms with E-state index in [0.29, 0.717) is 24.4 Å². The van der Waals surface area contributed by atoms with E-state index in [0.717, 1.165) is 17.0 Å². The Morgan fingerprint density at radius 1 is 1.25 bits per heavy atom. The maximum absolute atomic E-state index is 10.9. The molecule has 0 unspecified atom stereocenters. The molecule has 6 nitrogen and oxygen atoms in total. The molecule has 0 aliphatic rings. The minimum Gasteiger partial charge on any atom is -0.330 e. The van der Waals surface area contributed by atoms with E-state index in [1.165, 1.54) is 12.1 Å². The Morgan fingerprint density at radius 2 is 2.00 bits per heavy atom. The second-order valence-corrected chi connectivity index (χ2v) is 4.62. The second-order valence-electron chi connectivity index (χ2n) is 4.62. The molecule has 0 spiro atoms. The highest BCUT2D eigenvalue weighted by molar-refractivity contribution is 5.63. The Bertz CT molecular complexity index is 656. The average Bonchev–Trinajstić information content (AvgIpc) is 2.38. The zero-order valence-electron chi connectivity index (χ0n) is 11.5. The van der Waals surface area contributed by atoms with Gasteiger partial charge in [-0.25, -0.2) is 9.97 Å². The first-order valence-corrected chi connectivity index (χ1v) is 6.31. The standard InChI is InChI=1S/C14H16N4O2/c1-9-3-4-12(18(19)20)8-13(9)14-16-10(2)7-11(17-14)5-6-15/h3-4,7-8H,5-6,15H2,1-2H3.